The van der Waals surface area contributed by atoms with Crippen LogP contribution in [0.3, 0.4) is 0 Å². The number of nitrogens with zero attached hydrogens (tertiary/aromatic N) is 3. The van der Waals surface area contributed by atoms with Gasteiger partial charge in [0.2, 0.25) is 5.78 Å². The summed E-state index contributed by atoms with van der Waals surface area (Å²) in [6, 6.07) is 6.50. The molecule has 0 saturated heterocycles. The van der Waals surface area contributed by atoms with Crippen molar-refractivity contribution in [2.75, 3.05) is 5.32 Å². The second-order valence-electron chi connectivity index (χ2n) is 3.80. The molecule has 2 heterocycles. The van der Waals surface area contributed by atoms with E-state index in [1.807, 2.05) is 5.32 Å². The van der Waals surface area contributed by atoms with Crippen molar-refractivity contribution in [3.05, 3.63) is 53.4 Å². The molecule has 0 atom stereocenters. The van der Waals surface area contributed by atoms with Gasteiger partial charge in [0.25, 0.3) is 0 Å². The highest BCUT2D eigenvalue weighted by Gasteiger charge is 2.21. The second kappa shape index (κ2) is 5.75. The first-order valence-corrected chi connectivity index (χ1v) is 5.59. The minimum absolute atomic E-state index is 0.106. The molecule has 0 spiro atoms. The number of aromatic nitrogens is 2. The molecule has 0 unspecified atom stereocenters. The molecule has 2 rings (SSSR count). The Morgan fingerprint density at radius 1 is 1.29 bits per heavy atom. The molecule has 8 heteroatoms. The van der Waals surface area contributed by atoms with Crippen molar-refractivity contribution in [1.82, 2.24) is 9.97 Å². The maximum Gasteiger partial charge on any atom is 0.409 e. The summed E-state index contributed by atoms with van der Waals surface area (Å²) in [7, 11) is 0. The van der Waals surface area contributed by atoms with E-state index in [0.717, 1.165) is 6.07 Å². The van der Waals surface area contributed by atoms with Gasteiger partial charge in [-0.1, -0.05) is 0 Å². The lowest BCUT2D eigenvalue weighted by Crippen LogP contribution is -2.16. The van der Waals surface area contributed by atoms with Gasteiger partial charge in [-0.05, 0) is 24.3 Å². The number of nitriles is 1. The average Bonchev–Trinajstić information content (AvgIpc) is 2.47. The minimum atomic E-state index is -1.42. The van der Waals surface area contributed by atoms with Crippen molar-refractivity contribution in [3.63, 3.8) is 0 Å². The van der Waals surface area contributed by atoms with Gasteiger partial charge in [-0.2, -0.15) is 5.26 Å². The smallest absolute Gasteiger partial charge is 0.409 e. The van der Waals surface area contributed by atoms with Crippen LogP contribution >= 0.6 is 0 Å². The Kier molecular flexibility index (Phi) is 3.85. The third kappa shape index (κ3) is 2.98. The van der Waals surface area contributed by atoms with Gasteiger partial charge in [-0.15, -0.1) is 0 Å². The number of hydrogen-bond donors (Lipinski definition) is 2. The molecular formula is C13H7FN4O3. The zero-order valence-electron chi connectivity index (χ0n) is 10.4. The standard InChI is InChI=1S/C13H7FN4O3/c14-8-2-1-5-16-10(8)12(19)11-9(18-13(20)21)4-3-7(6-15)17-11/h1-5,18H,(H,20,21). The quantitative estimate of drug-likeness (QED) is 0.831. The van der Waals surface area contributed by atoms with Crippen LogP contribution in [0.15, 0.2) is 30.5 Å². The molecule has 2 aromatic heterocycles. The minimum Gasteiger partial charge on any atom is -0.465 e. The van der Waals surface area contributed by atoms with Gasteiger partial charge in [-0.3, -0.25) is 10.1 Å². The summed E-state index contributed by atoms with van der Waals surface area (Å²) < 4.78 is 13.6. The molecule has 1 amide bonds. The van der Waals surface area contributed by atoms with Crippen molar-refractivity contribution in [2.24, 2.45) is 0 Å². The molecule has 2 N–H and O–H groups in total. The van der Waals surface area contributed by atoms with E-state index in [2.05, 4.69) is 9.97 Å². The zero-order chi connectivity index (χ0) is 15.4. The van der Waals surface area contributed by atoms with Crippen LogP contribution in [-0.4, -0.2) is 27.0 Å². The molecule has 2 aromatic rings. The maximum atomic E-state index is 13.6. The summed E-state index contributed by atoms with van der Waals surface area (Å²) in [6.07, 6.45) is -0.202. The van der Waals surface area contributed by atoms with Crippen LogP contribution in [-0.2, 0) is 0 Å². The first-order valence-electron chi connectivity index (χ1n) is 5.59. The van der Waals surface area contributed by atoms with Gasteiger partial charge in [0.1, 0.15) is 23.2 Å². The average molecular weight is 286 g/mol. The number of anilines is 1. The van der Waals surface area contributed by atoms with Gasteiger partial charge < -0.3 is 5.11 Å². The number of hydrogen-bond acceptors (Lipinski definition) is 5. The number of pyridine rings is 2. The molecule has 0 aromatic carbocycles. The molecule has 0 aliphatic rings. The number of ketones is 1. The number of carboxylic acid groups (broad SMARTS) is 1. The fraction of sp³-hybridized carbons (Fsp3) is 0. The van der Waals surface area contributed by atoms with Crippen LogP contribution < -0.4 is 5.32 Å². The predicted molar refractivity (Wildman–Crippen MR) is 68.2 cm³/mol. The highest BCUT2D eigenvalue weighted by molar-refractivity contribution is 6.11. The summed E-state index contributed by atoms with van der Waals surface area (Å²) in [6.45, 7) is 0. The topological polar surface area (TPSA) is 116 Å². The molecule has 21 heavy (non-hydrogen) atoms. The van der Waals surface area contributed by atoms with Crippen LogP contribution in [0.25, 0.3) is 0 Å². The van der Waals surface area contributed by atoms with Crippen LogP contribution in [0, 0.1) is 17.1 Å². The molecule has 0 saturated carbocycles. The largest absolute Gasteiger partial charge is 0.465 e. The van der Waals surface area contributed by atoms with Crippen molar-refractivity contribution in [1.29, 1.82) is 5.26 Å². The van der Waals surface area contributed by atoms with Gasteiger partial charge >= 0.3 is 6.09 Å². The van der Waals surface area contributed by atoms with Crippen molar-refractivity contribution >= 4 is 17.6 Å². The maximum absolute atomic E-state index is 13.6. The number of halogens is 1. The highest BCUT2D eigenvalue weighted by atomic mass is 19.1. The van der Waals surface area contributed by atoms with E-state index in [4.69, 9.17) is 10.4 Å². The lowest BCUT2D eigenvalue weighted by atomic mass is 10.1. The molecule has 7 nitrogen and oxygen atoms in total. The van der Waals surface area contributed by atoms with Crippen LogP contribution in [0.5, 0.6) is 0 Å². The number of carbonyl (C=O) groups is 2. The molecule has 104 valence electrons. The Hall–Kier alpha value is -3.34. The highest BCUT2D eigenvalue weighted by Crippen LogP contribution is 2.18. The molecule has 0 radical (unpaired) electrons. The third-order valence-corrected chi connectivity index (χ3v) is 2.44. The molecule has 0 aliphatic heterocycles. The van der Waals surface area contributed by atoms with Gasteiger partial charge in [0.15, 0.2) is 5.82 Å². The van der Waals surface area contributed by atoms with E-state index in [1.54, 1.807) is 6.07 Å². The third-order valence-electron chi connectivity index (χ3n) is 2.44. The zero-order valence-corrected chi connectivity index (χ0v) is 10.4. The Balaban J connectivity index is 2.55. The summed E-state index contributed by atoms with van der Waals surface area (Å²) in [5.74, 6) is -1.79. The summed E-state index contributed by atoms with van der Waals surface area (Å²) in [4.78, 5) is 30.3. The first-order chi connectivity index (χ1) is 10.0. The molecular weight excluding hydrogens is 279 g/mol. The van der Waals surface area contributed by atoms with Crippen molar-refractivity contribution in [2.45, 2.75) is 0 Å². The number of amides is 1. The van der Waals surface area contributed by atoms with Crippen LogP contribution in [0.2, 0.25) is 0 Å². The summed E-state index contributed by atoms with van der Waals surface area (Å²) in [5.41, 5.74) is -1.16. The van der Waals surface area contributed by atoms with E-state index in [-0.39, 0.29) is 11.4 Å². The van der Waals surface area contributed by atoms with Crippen molar-refractivity contribution < 1.29 is 19.1 Å². The fourth-order valence-electron chi connectivity index (χ4n) is 1.58. The van der Waals surface area contributed by atoms with Crippen LogP contribution in [0.1, 0.15) is 21.9 Å². The van der Waals surface area contributed by atoms with E-state index in [0.29, 0.717) is 0 Å². The van der Waals surface area contributed by atoms with Gasteiger partial charge in [-0.25, -0.2) is 19.2 Å². The number of rotatable bonds is 3. The van der Waals surface area contributed by atoms with Crippen molar-refractivity contribution in [3.8, 4) is 6.07 Å². The Labute approximate surface area is 117 Å². The molecule has 0 aliphatic carbocycles. The van der Waals surface area contributed by atoms with Gasteiger partial charge in [0, 0.05) is 6.20 Å². The molecule has 0 fully saturated rings. The van der Waals surface area contributed by atoms with E-state index in [1.165, 1.54) is 24.4 Å². The Morgan fingerprint density at radius 2 is 2.05 bits per heavy atom. The number of carbonyl (C=O) groups excluding carboxylic acids is 1. The SMILES string of the molecule is N#Cc1ccc(NC(=O)O)c(C(=O)c2ncccc2F)n1. The van der Waals surface area contributed by atoms with E-state index < -0.39 is 29.1 Å². The Bertz CT molecular complexity index is 770. The summed E-state index contributed by atoms with van der Waals surface area (Å²) >= 11 is 0. The normalized spacial score (nSPS) is 9.71. The monoisotopic (exact) mass is 286 g/mol. The van der Waals surface area contributed by atoms with Gasteiger partial charge in [0.05, 0.1) is 5.69 Å². The number of nitrogens with one attached hydrogen (secondary N) is 1. The van der Waals surface area contributed by atoms with E-state index >= 15 is 0 Å². The van der Waals surface area contributed by atoms with E-state index in [9.17, 15) is 14.0 Å². The predicted octanol–water partition coefficient (Wildman–Crippen LogP) is 1.81. The fourth-order valence-corrected chi connectivity index (χ4v) is 1.58. The first kappa shape index (κ1) is 14.1. The Morgan fingerprint density at radius 3 is 2.67 bits per heavy atom. The van der Waals surface area contributed by atoms with Crippen LogP contribution in [0.4, 0.5) is 14.9 Å². The lowest BCUT2D eigenvalue weighted by molar-refractivity contribution is 0.102. The lowest BCUT2D eigenvalue weighted by Gasteiger charge is -2.07. The second-order valence-corrected chi connectivity index (χ2v) is 3.80. The molecule has 0 bridgehead atoms. The summed E-state index contributed by atoms with van der Waals surface area (Å²) in [5, 5.41) is 19.5.